The number of nitrogens with zero attached hydrogens (tertiary/aromatic N) is 4. The zero-order chi connectivity index (χ0) is 22.3. The molecule has 3 aliphatic heterocycles. The van der Waals surface area contributed by atoms with Crippen molar-refractivity contribution in [3.63, 3.8) is 0 Å². The van der Waals surface area contributed by atoms with Crippen LogP contribution in [-0.2, 0) is 11.2 Å². The molecule has 1 N–H and O–H groups in total. The average molecular weight is 430 g/mol. The zero-order valence-electron chi connectivity index (χ0n) is 18.3. The van der Waals surface area contributed by atoms with Gasteiger partial charge in [0.05, 0.1) is 5.41 Å². The van der Waals surface area contributed by atoms with Crippen LogP contribution in [0.15, 0.2) is 42.5 Å². The van der Waals surface area contributed by atoms with Crippen molar-refractivity contribution in [2.24, 2.45) is 5.41 Å². The summed E-state index contributed by atoms with van der Waals surface area (Å²) in [6.45, 7) is 4.45. The van der Waals surface area contributed by atoms with Gasteiger partial charge in [0, 0.05) is 50.5 Å². The number of nitrogens with one attached hydrogen (secondary N) is 1. The molecule has 7 nitrogen and oxygen atoms in total. The molecule has 1 spiro atoms. The summed E-state index contributed by atoms with van der Waals surface area (Å²) in [7, 11) is 2.08. The molecule has 2 aromatic rings. The molecule has 0 aliphatic carbocycles. The minimum Gasteiger partial charge on any atom is -0.336 e. The van der Waals surface area contributed by atoms with Crippen LogP contribution in [0.3, 0.4) is 0 Å². The molecule has 3 heterocycles. The lowest BCUT2D eigenvalue weighted by atomic mass is 9.76. The number of hydrogen-bond donors (Lipinski definition) is 1. The van der Waals surface area contributed by atoms with E-state index in [1.807, 2.05) is 35.2 Å². The van der Waals surface area contributed by atoms with Crippen LogP contribution in [0.2, 0.25) is 0 Å². The highest BCUT2D eigenvalue weighted by atomic mass is 16.2. The lowest BCUT2D eigenvalue weighted by molar-refractivity contribution is -0.125. The summed E-state index contributed by atoms with van der Waals surface area (Å²) in [6, 6.07) is 13.9. The number of piperazine rings is 1. The van der Waals surface area contributed by atoms with Crippen molar-refractivity contribution >= 4 is 17.5 Å². The van der Waals surface area contributed by atoms with Crippen LogP contribution in [0.4, 0.5) is 5.69 Å². The standard InChI is InChI=1S/C25H27N5O2/c1-28-10-12-30(13-11-28)23(31)19-4-2-18(3-5-19)20-6-7-21-15-25(8-9-29(16-25)17-26)24(32)27-22(21)14-20/h2-7,14H,8-13,15-16H2,1H3,(H,27,32). The van der Waals surface area contributed by atoms with E-state index in [1.165, 1.54) is 0 Å². The third-order valence-corrected chi connectivity index (χ3v) is 7.12. The highest BCUT2D eigenvalue weighted by molar-refractivity contribution is 6.00. The molecule has 0 radical (unpaired) electrons. The van der Waals surface area contributed by atoms with Gasteiger partial charge in [0.2, 0.25) is 5.91 Å². The Hall–Kier alpha value is -3.37. The number of rotatable bonds is 2. The van der Waals surface area contributed by atoms with Crippen molar-refractivity contribution in [2.75, 3.05) is 51.6 Å². The molecular weight excluding hydrogens is 402 g/mol. The number of hydrogen-bond acceptors (Lipinski definition) is 5. The van der Waals surface area contributed by atoms with Crippen LogP contribution in [0.25, 0.3) is 11.1 Å². The number of fused-ring (bicyclic) bond motifs is 1. The number of carbonyl (C=O) groups is 2. The monoisotopic (exact) mass is 429 g/mol. The Morgan fingerprint density at radius 1 is 1.03 bits per heavy atom. The van der Waals surface area contributed by atoms with Crippen molar-refractivity contribution in [3.8, 4) is 17.3 Å². The van der Waals surface area contributed by atoms with E-state index in [4.69, 9.17) is 0 Å². The first kappa shape index (κ1) is 20.5. The Kier molecular flexibility index (Phi) is 5.10. The molecule has 7 heteroatoms. The highest BCUT2D eigenvalue weighted by Crippen LogP contribution is 2.41. The van der Waals surface area contributed by atoms with E-state index >= 15 is 0 Å². The topological polar surface area (TPSA) is 79.7 Å². The van der Waals surface area contributed by atoms with E-state index in [0.29, 0.717) is 31.5 Å². The second kappa shape index (κ2) is 7.95. The summed E-state index contributed by atoms with van der Waals surface area (Å²) in [5, 5.41) is 12.3. The van der Waals surface area contributed by atoms with Crippen molar-refractivity contribution < 1.29 is 9.59 Å². The molecule has 2 saturated heterocycles. The maximum Gasteiger partial charge on any atom is 0.253 e. The molecule has 1 atom stereocenters. The van der Waals surface area contributed by atoms with Crippen molar-refractivity contribution in [2.45, 2.75) is 12.8 Å². The Bertz CT molecular complexity index is 1100. The van der Waals surface area contributed by atoms with E-state index < -0.39 is 5.41 Å². The summed E-state index contributed by atoms with van der Waals surface area (Å²) in [5.41, 5.74) is 4.16. The van der Waals surface area contributed by atoms with Gasteiger partial charge >= 0.3 is 0 Å². The van der Waals surface area contributed by atoms with Crippen LogP contribution in [0, 0.1) is 16.9 Å². The predicted molar refractivity (Wildman–Crippen MR) is 122 cm³/mol. The number of carbonyl (C=O) groups excluding carboxylic acids is 2. The fourth-order valence-electron chi connectivity index (χ4n) is 5.01. The fraction of sp³-hybridized carbons (Fsp3) is 0.400. The van der Waals surface area contributed by atoms with Crippen LogP contribution in [-0.4, -0.2) is 72.8 Å². The molecule has 0 aromatic heterocycles. The molecule has 1 unspecified atom stereocenters. The summed E-state index contributed by atoms with van der Waals surface area (Å²) in [6.07, 6.45) is 3.53. The third-order valence-electron chi connectivity index (χ3n) is 7.12. The second-order valence-electron chi connectivity index (χ2n) is 9.23. The molecule has 2 fully saturated rings. The van der Waals surface area contributed by atoms with Gasteiger partial charge in [0.25, 0.3) is 5.91 Å². The van der Waals surface area contributed by atoms with E-state index in [0.717, 1.165) is 48.6 Å². The van der Waals surface area contributed by atoms with Gasteiger partial charge in [-0.15, -0.1) is 0 Å². The molecule has 164 valence electrons. The zero-order valence-corrected chi connectivity index (χ0v) is 18.3. The number of amides is 2. The maximum absolute atomic E-state index is 12.9. The van der Waals surface area contributed by atoms with Crippen LogP contribution >= 0.6 is 0 Å². The molecule has 0 saturated carbocycles. The molecular formula is C25H27N5O2. The molecule has 3 aliphatic rings. The van der Waals surface area contributed by atoms with Gasteiger partial charge in [-0.25, -0.2) is 0 Å². The SMILES string of the molecule is CN1CCN(C(=O)c2ccc(-c3ccc4c(c3)NC(=O)C3(CCN(C#N)C3)C4)cc2)CC1. The van der Waals surface area contributed by atoms with Crippen molar-refractivity contribution in [1.82, 2.24) is 14.7 Å². The maximum atomic E-state index is 12.9. The number of benzene rings is 2. The third kappa shape index (κ3) is 3.61. The van der Waals surface area contributed by atoms with Crippen molar-refractivity contribution in [3.05, 3.63) is 53.6 Å². The Morgan fingerprint density at radius 3 is 2.44 bits per heavy atom. The van der Waals surface area contributed by atoms with Gasteiger partial charge in [0.1, 0.15) is 0 Å². The lowest BCUT2D eigenvalue weighted by Crippen LogP contribution is -2.47. The molecule has 2 amide bonds. The first-order valence-corrected chi connectivity index (χ1v) is 11.1. The van der Waals surface area contributed by atoms with E-state index in [1.54, 1.807) is 4.90 Å². The summed E-state index contributed by atoms with van der Waals surface area (Å²) in [4.78, 5) is 31.5. The summed E-state index contributed by atoms with van der Waals surface area (Å²) in [5.74, 6) is 0.0867. The number of anilines is 1. The number of likely N-dealkylation sites (tertiary alicyclic amines) is 1. The largest absolute Gasteiger partial charge is 0.336 e. The molecule has 32 heavy (non-hydrogen) atoms. The minimum absolute atomic E-state index is 0.00743. The van der Waals surface area contributed by atoms with Gasteiger partial charge < -0.3 is 20.0 Å². The van der Waals surface area contributed by atoms with Gasteiger partial charge in [-0.1, -0.05) is 24.3 Å². The Labute approximate surface area is 188 Å². The molecule has 2 aromatic carbocycles. The second-order valence-corrected chi connectivity index (χ2v) is 9.23. The number of nitriles is 1. The van der Waals surface area contributed by atoms with Gasteiger partial charge in [-0.05, 0) is 54.8 Å². The van der Waals surface area contributed by atoms with Crippen LogP contribution < -0.4 is 5.32 Å². The lowest BCUT2D eigenvalue weighted by Gasteiger charge is -2.33. The van der Waals surface area contributed by atoms with E-state index in [2.05, 4.69) is 35.6 Å². The Morgan fingerprint density at radius 2 is 1.75 bits per heavy atom. The van der Waals surface area contributed by atoms with Crippen LogP contribution in [0.1, 0.15) is 22.3 Å². The van der Waals surface area contributed by atoms with Gasteiger partial charge in [0.15, 0.2) is 6.19 Å². The summed E-state index contributed by atoms with van der Waals surface area (Å²) >= 11 is 0. The fourth-order valence-corrected chi connectivity index (χ4v) is 5.01. The number of likely N-dealkylation sites (N-methyl/N-ethyl adjacent to an activating group) is 1. The van der Waals surface area contributed by atoms with E-state index in [-0.39, 0.29) is 11.8 Å². The quantitative estimate of drug-likeness (QED) is 0.742. The minimum atomic E-state index is -0.504. The Balaban J connectivity index is 1.33. The smallest absolute Gasteiger partial charge is 0.253 e. The first-order valence-electron chi connectivity index (χ1n) is 11.1. The van der Waals surface area contributed by atoms with Gasteiger partial charge in [-0.3, -0.25) is 9.59 Å². The highest BCUT2D eigenvalue weighted by Gasteiger charge is 2.47. The van der Waals surface area contributed by atoms with E-state index in [9.17, 15) is 14.9 Å². The molecule has 5 rings (SSSR count). The summed E-state index contributed by atoms with van der Waals surface area (Å²) < 4.78 is 0. The predicted octanol–water partition coefficient (Wildman–Crippen LogP) is 2.41. The van der Waals surface area contributed by atoms with Crippen molar-refractivity contribution in [1.29, 1.82) is 5.26 Å². The average Bonchev–Trinajstić information content (AvgIpc) is 3.24. The normalized spacial score (nSPS) is 23.1. The first-order chi connectivity index (χ1) is 15.5. The molecule has 0 bridgehead atoms. The van der Waals surface area contributed by atoms with Crippen LogP contribution in [0.5, 0.6) is 0 Å². The van der Waals surface area contributed by atoms with Gasteiger partial charge in [-0.2, -0.15) is 5.26 Å².